The van der Waals surface area contributed by atoms with Crippen LogP contribution in [0.5, 0.6) is 0 Å². The Morgan fingerprint density at radius 2 is 1.93 bits per heavy atom. The van der Waals surface area contributed by atoms with E-state index in [0.717, 1.165) is 32.2 Å². The molecule has 0 aromatic carbocycles. The summed E-state index contributed by atoms with van der Waals surface area (Å²) in [6.07, 6.45) is 4.76. The maximum Gasteiger partial charge on any atom is 0.310 e. The number of ether oxygens (including phenoxy) is 1. The van der Waals surface area contributed by atoms with Crippen molar-refractivity contribution in [3.63, 3.8) is 0 Å². The van der Waals surface area contributed by atoms with E-state index in [4.69, 9.17) is 4.74 Å². The lowest BCUT2D eigenvalue weighted by atomic mass is 9.98. The molecule has 0 spiro atoms. The third-order valence-corrected chi connectivity index (χ3v) is 7.02. The van der Waals surface area contributed by atoms with E-state index >= 15 is 0 Å². The van der Waals surface area contributed by atoms with Crippen molar-refractivity contribution < 1.29 is 17.9 Å². The molecule has 0 saturated carbocycles. The van der Waals surface area contributed by atoms with Gasteiger partial charge in [0.2, 0.25) is 10.0 Å². The summed E-state index contributed by atoms with van der Waals surface area (Å²) in [5.74, 6) is -0.411. The molecule has 0 amide bonds. The molecule has 2 aliphatic rings. The van der Waals surface area contributed by atoms with Crippen molar-refractivity contribution in [2.75, 3.05) is 32.8 Å². The summed E-state index contributed by atoms with van der Waals surface area (Å²) in [5.41, 5.74) is -0.256. The second-order valence-corrected chi connectivity index (χ2v) is 9.03. The number of piperidine rings is 1. The van der Waals surface area contributed by atoms with Crippen LogP contribution in [0.1, 0.15) is 32.6 Å². The van der Waals surface area contributed by atoms with E-state index < -0.39 is 10.0 Å². The SMILES string of the molecule is CCOC(=O)[C@H]1CCCN(Cn2cc(S(=O)(=O)N3CCCC3)ccc2=O)C1. The summed E-state index contributed by atoms with van der Waals surface area (Å²) in [6, 6.07) is 2.68. The average molecular weight is 397 g/mol. The minimum absolute atomic E-state index is 0.142. The van der Waals surface area contributed by atoms with Gasteiger partial charge in [-0.3, -0.25) is 14.5 Å². The van der Waals surface area contributed by atoms with Crippen LogP contribution >= 0.6 is 0 Å². The van der Waals surface area contributed by atoms with E-state index in [1.54, 1.807) is 6.92 Å². The second kappa shape index (κ2) is 8.53. The molecule has 150 valence electrons. The molecule has 2 saturated heterocycles. The standard InChI is InChI=1S/C18H27N3O5S/c1-2-26-18(23)15-6-5-9-19(12-15)14-20-13-16(7-8-17(20)22)27(24,25)21-10-3-4-11-21/h7-8,13,15H,2-6,9-12,14H2,1H3/t15-/m0/s1. The maximum atomic E-state index is 12.7. The summed E-state index contributed by atoms with van der Waals surface area (Å²) in [5, 5.41) is 0. The van der Waals surface area contributed by atoms with Crippen LogP contribution in [0.15, 0.2) is 28.0 Å². The van der Waals surface area contributed by atoms with Gasteiger partial charge in [0.25, 0.3) is 5.56 Å². The van der Waals surface area contributed by atoms with Crippen LogP contribution in [-0.2, 0) is 26.2 Å². The van der Waals surface area contributed by atoms with Crippen LogP contribution in [0.3, 0.4) is 0 Å². The topological polar surface area (TPSA) is 88.9 Å². The molecule has 1 atom stereocenters. The van der Waals surface area contributed by atoms with Crippen molar-refractivity contribution in [1.29, 1.82) is 0 Å². The third kappa shape index (κ3) is 4.59. The van der Waals surface area contributed by atoms with Gasteiger partial charge in [0.1, 0.15) is 0 Å². The smallest absolute Gasteiger partial charge is 0.310 e. The fraction of sp³-hybridized carbons (Fsp3) is 0.667. The molecule has 0 aliphatic carbocycles. The van der Waals surface area contributed by atoms with Crippen LogP contribution < -0.4 is 5.56 Å². The molecule has 2 fully saturated rings. The van der Waals surface area contributed by atoms with E-state index in [-0.39, 0.29) is 29.0 Å². The average Bonchev–Trinajstić information content (AvgIpc) is 3.19. The number of aromatic nitrogens is 1. The highest BCUT2D eigenvalue weighted by atomic mass is 32.2. The number of sulfonamides is 1. The molecule has 0 bridgehead atoms. The Morgan fingerprint density at radius 1 is 1.19 bits per heavy atom. The van der Waals surface area contributed by atoms with Gasteiger partial charge in [-0.25, -0.2) is 8.42 Å². The molecule has 0 N–H and O–H groups in total. The number of carbonyl (C=O) groups is 1. The number of pyridine rings is 1. The van der Waals surface area contributed by atoms with Crippen LogP contribution in [0.4, 0.5) is 0 Å². The molecular weight excluding hydrogens is 370 g/mol. The predicted octanol–water partition coefficient (Wildman–Crippen LogP) is 0.865. The first kappa shape index (κ1) is 20.0. The molecule has 1 aromatic heterocycles. The number of hydrogen-bond acceptors (Lipinski definition) is 6. The molecule has 3 heterocycles. The van der Waals surface area contributed by atoms with Crippen molar-refractivity contribution in [3.05, 3.63) is 28.7 Å². The highest BCUT2D eigenvalue weighted by Gasteiger charge is 2.29. The van der Waals surface area contributed by atoms with E-state index in [1.807, 2.05) is 4.90 Å². The molecular formula is C18H27N3O5S. The van der Waals surface area contributed by atoms with Crippen molar-refractivity contribution in [3.8, 4) is 0 Å². The lowest BCUT2D eigenvalue weighted by Gasteiger charge is -2.31. The van der Waals surface area contributed by atoms with Gasteiger partial charge in [-0.1, -0.05) is 0 Å². The minimum atomic E-state index is -3.57. The lowest BCUT2D eigenvalue weighted by molar-refractivity contribution is -0.150. The van der Waals surface area contributed by atoms with Crippen LogP contribution in [0, 0.1) is 5.92 Å². The highest BCUT2D eigenvalue weighted by molar-refractivity contribution is 7.89. The molecule has 9 heteroatoms. The Labute approximate surface area is 159 Å². The van der Waals surface area contributed by atoms with Crippen molar-refractivity contribution >= 4 is 16.0 Å². The Bertz CT molecular complexity index is 830. The lowest BCUT2D eigenvalue weighted by Crippen LogP contribution is -2.42. The normalized spacial score (nSPS) is 22.0. The minimum Gasteiger partial charge on any atom is -0.466 e. The monoisotopic (exact) mass is 397 g/mol. The first-order valence-electron chi connectivity index (χ1n) is 9.51. The Balaban J connectivity index is 1.75. The summed E-state index contributed by atoms with van der Waals surface area (Å²) in [7, 11) is -3.57. The van der Waals surface area contributed by atoms with Gasteiger partial charge < -0.3 is 9.30 Å². The van der Waals surface area contributed by atoms with Crippen molar-refractivity contribution in [2.45, 2.75) is 44.2 Å². The van der Waals surface area contributed by atoms with Crippen molar-refractivity contribution in [1.82, 2.24) is 13.8 Å². The molecule has 0 radical (unpaired) electrons. The van der Waals surface area contributed by atoms with E-state index in [9.17, 15) is 18.0 Å². The maximum absolute atomic E-state index is 12.7. The first-order chi connectivity index (χ1) is 12.9. The van der Waals surface area contributed by atoms with Gasteiger partial charge in [-0.15, -0.1) is 0 Å². The Kier molecular flexibility index (Phi) is 6.33. The van der Waals surface area contributed by atoms with Gasteiger partial charge in [0, 0.05) is 31.9 Å². The zero-order chi connectivity index (χ0) is 19.4. The third-order valence-electron chi connectivity index (χ3n) is 5.14. The van der Waals surface area contributed by atoms with Crippen LogP contribution in [0.2, 0.25) is 0 Å². The first-order valence-corrected chi connectivity index (χ1v) is 11.0. The summed E-state index contributed by atoms with van der Waals surface area (Å²) in [6.45, 7) is 4.71. The summed E-state index contributed by atoms with van der Waals surface area (Å²) in [4.78, 5) is 26.4. The number of likely N-dealkylation sites (tertiary alicyclic amines) is 1. The summed E-state index contributed by atoms with van der Waals surface area (Å²) >= 11 is 0. The predicted molar refractivity (Wildman–Crippen MR) is 99.6 cm³/mol. The van der Waals surface area contributed by atoms with Crippen LogP contribution in [0.25, 0.3) is 0 Å². The number of nitrogens with zero attached hydrogens (tertiary/aromatic N) is 3. The van der Waals surface area contributed by atoms with Gasteiger partial charge >= 0.3 is 5.97 Å². The van der Waals surface area contributed by atoms with Crippen LogP contribution in [-0.4, -0.2) is 60.9 Å². The largest absolute Gasteiger partial charge is 0.466 e. The van der Waals surface area contributed by atoms with Gasteiger partial charge in [-0.2, -0.15) is 4.31 Å². The van der Waals surface area contributed by atoms with Gasteiger partial charge in [0.05, 0.1) is 24.1 Å². The van der Waals surface area contributed by atoms with E-state index in [1.165, 1.54) is 27.2 Å². The highest BCUT2D eigenvalue weighted by Crippen LogP contribution is 2.21. The number of carbonyl (C=O) groups excluding carboxylic acids is 1. The number of esters is 1. The second-order valence-electron chi connectivity index (χ2n) is 7.09. The molecule has 27 heavy (non-hydrogen) atoms. The molecule has 8 nitrogen and oxygen atoms in total. The molecule has 1 aromatic rings. The number of hydrogen-bond donors (Lipinski definition) is 0. The Morgan fingerprint density at radius 3 is 2.63 bits per heavy atom. The van der Waals surface area contributed by atoms with Crippen molar-refractivity contribution in [2.24, 2.45) is 5.92 Å². The molecule has 0 unspecified atom stereocenters. The quantitative estimate of drug-likeness (QED) is 0.662. The zero-order valence-corrected chi connectivity index (χ0v) is 16.5. The molecule has 2 aliphatic heterocycles. The fourth-order valence-corrected chi connectivity index (χ4v) is 5.24. The van der Waals surface area contributed by atoms with Gasteiger partial charge in [-0.05, 0) is 45.2 Å². The molecule has 3 rings (SSSR count). The number of rotatable bonds is 6. The summed E-state index contributed by atoms with van der Waals surface area (Å²) < 4.78 is 33.5. The van der Waals surface area contributed by atoms with E-state index in [0.29, 0.717) is 26.2 Å². The van der Waals surface area contributed by atoms with E-state index in [2.05, 4.69) is 0 Å². The van der Waals surface area contributed by atoms with Gasteiger partial charge in [0.15, 0.2) is 0 Å². The zero-order valence-electron chi connectivity index (χ0n) is 15.7. The fourth-order valence-electron chi connectivity index (χ4n) is 3.70. The Hall–Kier alpha value is -1.71.